The zero-order chi connectivity index (χ0) is 28.1. The summed E-state index contributed by atoms with van der Waals surface area (Å²) in [5, 5.41) is 0. The Kier molecular flexibility index (Phi) is 9.29. The van der Waals surface area contributed by atoms with Crippen LogP contribution >= 0.6 is 0 Å². The second-order valence-corrected chi connectivity index (χ2v) is 11.7. The van der Waals surface area contributed by atoms with Crippen molar-refractivity contribution in [3.63, 3.8) is 0 Å². The molecule has 0 N–H and O–H groups in total. The van der Waals surface area contributed by atoms with Crippen LogP contribution in [0.15, 0.2) is 30.6 Å². The number of nitrogens with zero attached hydrogens (tertiary/aromatic N) is 3. The molecule has 0 amide bonds. The first-order valence-corrected chi connectivity index (χ1v) is 14.6. The minimum Gasteiger partial charge on any atom is -0.489 e. The predicted molar refractivity (Wildman–Crippen MR) is 148 cm³/mol. The summed E-state index contributed by atoms with van der Waals surface area (Å²) in [5.41, 5.74) is 1.10. The number of methoxy groups -OCH3 is 1. The Morgan fingerprint density at radius 1 is 1.07 bits per heavy atom. The molecular formula is C31H40FN3O5. The number of benzene rings is 1. The Balaban J connectivity index is 1.08. The van der Waals surface area contributed by atoms with Crippen molar-refractivity contribution in [3.8, 4) is 11.6 Å². The maximum Gasteiger partial charge on any atom is 0.255 e. The molecule has 3 fully saturated rings. The minimum absolute atomic E-state index is 0.0226. The zero-order valence-corrected chi connectivity index (χ0v) is 23.5. The molecule has 2 heterocycles. The Morgan fingerprint density at radius 3 is 2.60 bits per heavy atom. The third-order valence-corrected chi connectivity index (χ3v) is 8.41. The molecule has 5 rings (SSSR count). The van der Waals surface area contributed by atoms with Crippen LogP contribution in [-0.2, 0) is 14.3 Å². The number of aromatic nitrogens is 2. The fourth-order valence-electron chi connectivity index (χ4n) is 5.91. The average Bonchev–Trinajstić information content (AvgIpc) is 3.46. The van der Waals surface area contributed by atoms with Crippen molar-refractivity contribution >= 4 is 17.4 Å². The molecule has 8 nitrogen and oxygen atoms in total. The van der Waals surface area contributed by atoms with Crippen LogP contribution in [0.3, 0.4) is 0 Å². The predicted octanol–water partition coefficient (Wildman–Crippen LogP) is 5.15. The van der Waals surface area contributed by atoms with E-state index in [1.807, 2.05) is 29.2 Å². The first-order valence-electron chi connectivity index (χ1n) is 14.6. The van der Waals surface area contributed by atoms with E-state index < -0.39 is 5.82 Å². The quantitative estimate of drug-likeness (QED) is 0.317. The van der Waals surface area contributed by atoms with Crippen LogP contribution in [-0.4, -0.2) is 61.1 Å². The second kappa shape index (κ2) is 13.1. The van der Waals surface area contributed by atoms with E-state index in [-0.39, 0.29) is 42.0 Å². The fourth-order valence-corrected chi connectivity index (χ4v) is 5.91. The molecule has 1 aromatic carbocycles. The monoisotopic (exact) mass is 553 g/mol. The molecule has 1 aromatic heterocycles. The molecule has 0 radical (unpaired) electrons. The van der Waals surface area contributed by atoms with E-state index in [4.69, 9.17) is 14.2 Å². The minimum atomic E-state index is -0.510. The summed E-state index contributed by atoms with van der Waals surface area (Å²) in [6.07, 6.45) is 7.91. The van der Waals surface area contributed by atoms with Crippen molar-refractivity contribution in [3.05, 3.63) is 42.0 Å². The lowest BCUT2D eigenvalue weighted by Crippen LogP contribution is -2.26. The zero-order valence-electron chi connectivity index (χ0n) is 23.5. The van der Waals surface area contributed by atoms with Crippen LogP contribution < -0.4 is 14.4 Å². The van der Waals surface area contributed by atoms with Gasteiger partial charge in [0.15, 0.2) is 11.6 Å². The van der Waals surface area contributed by atoms with E-state index in [2.05, 4.69) is 16.9 Å². The maximum absolute atomic E-state index is 15.0. The second-order valence-electron chi connectivity index (χ2n) is 11.7. The van der Waals surface area contributed by atoms with E-state index in [0.717, 1.165) is 49.8 Å². The molecule has 2 aromatic rings. The van der Waals surface area contributed by atoms with E-state index in [0.29, 0.717) is 50.2 Å². The van der Waals surface area contributed by atoms with Gasteiger partial charge in [-0.3, -0.25) is 9.59 Å². The Morgan fingerprint density at radius 2 is 1.85 bits per heavy atom. The van der Waals surface area contributed by atoms with Crippen LogP contribution in [0.1, 0.15) is 69.8 Å². The highest BCUT2D eigenvalue weighted by Crippen LogP contribution is 2.36. The van der Waals surface area contributed by atoms with Gasteiger partial charge in [-0.1, -0.05) is 19.1 Å². The molecule has 9 heteroatoms. The molecule has 0 unspecified atom stereocenters. The molecule has 1 aliphatic heterocycles. The van der Waals surface area contributed by atoms with Crippen molar-refractivity contribution in [2.24, 2.45) is 17.8 Å². The van der Waals surface area contributed by atoms with Gasteiger partial charge >= 0.3 is 0 Å². The third kappa shape index (κ3) is 7.36. The maximum atomic E-state index is 15.0. The van der Waals surface area contributed by atoms with Crippen molar-refractivity contribution in [2.45, 2.75) is 70.3 Å². The van der Waals surface area contributed by atoms with Crippen molar-refractivity contribution in [1.82, 2.24) is 9.97 Å². The van der Waals surface area contributed by atoms with Gasteiger partial charge in [-0.2, -0.15) is 9.37 Å². The number of halogens is 1. The number of ether oxygens (including phenoxy) is 3. The van der Waals surface area contributed by atoms with E-state index >= 15 is 0 Å². The largest absolute Gasteiger partial charge is 0.489 e. The van der Waals surface area contributed by atoms with E-state index in [9.17, 15) is 14.0 Å². The molecular weight excluding hydrogens is 513 g/mol. The number of anilines is 1. The Labute approximate surface area is 235 Å². The standard InChI is InChI=1S/C31H40FN3O5/c1-20(13-28(37)24-6-5-22(14-24)15-25(36)18-38-2)23-7-9-26(10-8-23)40-27-11-12-35(16-27)30-29(32)31(34-19-33-30)39-17-21-3-4-21/h7-10,19-22,24,27H,3-6,11-18H2,1-2H3/t20-,22-,24+,27-/m1/s1. The summed E-state index contributed by atoms with van der Waals surface area (Å²) in [7, 11) is 1.53. The fraction of sp³-hybridized carbons (Fsp3) is 0.613. The summed E-state index contributed by atoms with van der Waals surface area (Å²) in [6, 6.07) is 7.94. The van der Waals surface area contributed by atoms with Gasteiger partial charge in [-0.05, 0) is 67.6 Å². The molecule has 0 spiro atoms. The summed E-state index contributed by atoms with van der Waals surface area (Å²) < 4.78 is 31.7. The highest BCUT2D eigenvalue weighted by Gasteiger charge is 2.32. The number of Topliss-reactive ketones (excluding diaryl/α,β-unsaturated/α-hetero) is 2. The lowest BCUT2D eigenvalue weighted by Gasteiger charge is -2.19. The van der Waals surface area contributed by atoms with Gasteiger partial charge in [0.1, 0.15) is 30.6 Å². The summed E-state index contributed by atoms with van der Waals surface area (Å²) >= 11 is 0. The van der Waals surface area contributed by atoms with Crippen LogP contribution in [0.5, 0.6) is 11.6 Å². The number of carbonyl (C=O) groups excluding carboxylic acids is 2. The number of hydrogen-bond acceptors (Lipinski definition) is 8. The van der Waals surface area contributed by atoms with E-state index in [1.54, 1.807) is 0 Å². The van der Waals surface area contributed by atoms with Crippen molar-refractivity contribution in [2.75, 3.05) is 38.3 Å². The lowest BCUT2D eigenvalue weighted by atomic mass is 9.89. The van der Waals surface area contributed by atoms with Crippen LogP contribution in [0.4, 0.5) is 10.2 Å². The van der Waals surface area contributed by atoms with Gasteiger partial charge in [0.25, 0.3) is 5.88 Å². The molecule has 4 atom stereocenters. The molecule has 0 bridgehead atoms. The molecule has 40 heavy (non-hydrogen) atoms. The summed E-state index contributed by atoms with van der Waals surface area (Å²) in [6.45, 7) is 3.90. The summed E-state index contributed by atoms with van der Waals surface area (Å²) in [5.74, 6) is 1.90. The highest BCUT2D eigenvalue weighted by molar-refractivity contribution is 5.83. The third-order valence-electron chi connectivity index (χ3n) is 8.41. The number of rotatable bonds is 14. The molecule has 2 aliphatic carbocycles. The number of hydrogen-bond donors (Lipinski definition) is 0. The van der Waals surface area contributed by atoms with Crippen molar-refractivity contribution < 1.29 is 28.2 Å². The molecule has 3 aliphatic rings. The average molecular weight is 554 g/mol. The van der Waals surface area contributed by atoms with Crippen LogP contribution in [0.2, 0.25) is 0 Å². The van der Waals surface area contributed by atoms with Gasteiger partial charge in [0, 0.05) is 38.8 Å². The van der Waals surface area contributed by atoms with Gasteiger partial charge in [-0.25, -0.2) is 4.98 Å². The van der Waals surface area contributed by atoms with Crippen LogP contribution in [0, 0.1) is 23.6 Å². The van der Waals surface area contributed by atoms with E-state index in [1.165, 1.54) is 13.4 Å². The smallest absolute Gasteiger partial charge is 0.255 e. The summed E-state index contributed by atoms with van der Waals surface area (Å²) in [4.78, 5) is 34.9. The number of carbonyl (C=O) groups is 2. The Bertz CT molecular complexity index is 1170. The first kappa shape index (κ1) is 28.5. The van der Waals surface area contributed by atoms with Crippen LogP contribution in [0.25, 0.3) is 0 Å². The highest BCUT2D eigenvalue weighted by atomic mass is 19.1. The molecule has 1 saturated heterocycles. The molecule has 2 saturated carbocycles. The molecule has 216 valence electrons. The van der Waals surface area contributed by atoms with Crippen molar-refractivity contribution in [1.29, 1.82) is 0 Å². The topological polar surface area (TPSA) is 90.9 Å². The SMILES string of the molecule is COCC(=O)C[C@@H]1CC[C@H](C(=O)C[C@@H](C)c2ccc(O[C@@H]3CCN(c4ncnc(OCC5CC5)c4F)C3)cc2)C1. The van der Waals surface area contributed by atoms with Gasteiger partial charge in [0.05, 0.1) is 13.2 Å². The van der Waals surface area contributed by atoms with Gasteiger partial charge < -0.3 is 19.1 Å². The normalized spacial score (nSPS) is 23.3. The first-order chi connectivity index (χ1) is 19.4. The number of ketones is 2. The Hall–Kier alpha value is -3.07. The lowest BCUT2D eigenvalue weighted by molar-refractivity contribution is -0.125. The van der Waals surface area contributed by atoms with Gasteiger partial charge in [-0.15, -0.1) is 0 Å². The van der Waals surface area contributed by atoms with Gasteiger partial charge in [0.2, 0.25) is 5.82 Å².